The molecule has 1 atom stereocenters. The lowest BCUT2D eigenvalue weighted by molar-refractivity contribution is -0.384. The zero-order chi connectivity index (χ0) is 13.8. The number of nitrogen functional groups attached to an aromatic ring is 1. The van der Waals surface area contributed by atoms with Crippen LogP contribution in [0.4, 0.5) is 17.5 Å². The van der Waals surface area contributed by atoms with E-state index in [4.69, 9.17) is 10.6 Å². The van der Waals surface area contributed by atoms with Gasteiger partial charge in [-0.15, -0.1) is 0 Å². The van der Waals surface area contributed by atoms with Crippen LogP contribution in [0.5, 0.6) is 0 Å². The molecule has 104 valence electrons. The van der Waals surface area contributed by atoms with Crippen molar-refractivity contribution in [3.63, 3.8) is 0 Å². The highest BCUT2D eigenvalue weighted by Crippen LogP contribution is 2.27. The minimum Gasteiger partial charge on any atom is -0.375 e. The number of hydrogen-bond acceptors (Lipinski definition) is 8. The third-order valence-electron chi connectivity index (χ3n) is 2.97. The number of anilines is 2. The van der Waals surface area contributed by atoms with E-state index in [1.54, 1.807) is 0 Å². The number of nitro groups is 1. The Kier molecular flexibility index (Phi) is 4.07. The SMILES string of the molecule is CCC1CN(c2nc(NN)ncc2[N+](=O)[O-])CCO1. The fourth-order valence-electron chi connectivity index (χ4n) is 1.96. The molecule has 0 amide bonds. The third-order valence-corrected chi connectivity index (χ3v) is 2.97. The zero-order valence-corrected chi connectivity index (χ0v) is 10.6. The van der Waals surface area contributed by atoms with Crippen LogP contribution in [0.3, 0.4) is 0 Å². The number of hydrogen-bond donors (Lipinski definition) is 2. The van der Waals surface area contributed by atoms with Crippen LogP contribution in [0.15, 0.2) is 6.20 Å². The van der Waals surface area contributed by atoms with Gasteiger partial charge in [0, 0.05) is 13.1 Å². The van der Waals surface area contributed by atoms with Gasteiger partial charge >= 0.3 is 5.69 Å². The summed E-state index contributed by atoms with van der Waals surface area (Å²) in [7, 11) is 0. The summed E-state index contributed by atoms with van der Waals surface area (Å²) in [4.78, 5) is 20.2. The molecule has 0 aromatic carbocycles. The molecule has 2 rings (SSSR count). The maximum atomic E-state index is 11.0. The summed E-state index contributed by atoms with van der Waals surface area (Å²) >= 11 is 0. The topological polar surface area (TPSA) is 119 Å². The molecule has 1 aliphatic rings. The number of nitrogens with two attached hydrogens (primary N) is 1. The van der Waals surface area contributed by atoms with Gasteiger partial charge in [-0.3, -0.25) is 15.5 Å². The van der Waals surface area contributed by atoms with E-state index < -0.39 is 4.92 Å². The predicted octanol–water partition coefficient (Wildman–Crippen LogP) is 0.286. The number of hydrazine groups is 1. The van der Waals surface area contributed by atoms with E-state index in [-0.39, 0.29) is 23.6 Å². The van der Waals surface area contributed by atoms with Crippen molar-refractivity contribution in [2.45, 2.75) is 19.4 Å². The van der Waals surface area contributed by atoms with Crippen molar-refractivity contribution in [2.75, 3.05) is 30.0 Å². The van der Waals surface area contributed by atoms with Crippen LogP contribution in [0.25, 0.3) is 0 Å². The molecular weight excluding hydrogens is 252 g/mol. The number of nitrogens with one attached hydrogen (secondary N) is 1. The van der Waals surface area contributed by atoms with Gasteiger partial charge in [0.05, 0.1) is 17.6 Å². The van der Waals surface area contributed by atoms with Gasteiger partial charge in [0.2, 0.25) is 11.8 Å². The zero-order valence-electron chi connectivity index (χ0n) is 10.6. The smallest absolute Gasteiger partial charge is 0.329 e. The Morgan fingerprint density at radius 3 is 3.16 bits per heavy atom. The molecule has 1 aromatic heterocycles. The molecule has 3 N–H and O–H groups in total. The van der Waals surface area contributed by atoms with Crippen LogP contribution in [-0.2, 0) is 4.74 Å². The molecule has 2 heterocycles. The number of nitrogens with zero attached hydrogens (tertiary/aromatic N) is 4. The molecule has 0 spiro atoms. The monoisotopic (exact) mass is 268 g/mol. The Bertz CT molecular complexity index is 469. The second kappa shape index (κ2) is 5.76. The Morgan fingerprint density at radius 1 is 1.74 bits per heavy atom. The molecule has 0 aliphatic carbocycles. The minimum absolute atomic E-state index is 0.0533. The summed E-state index contributed by atoms with van der Waals surface area (Å²) in [5.74, 6) is 5.67. The van der Waals surface area contributed by atoms with Crippen LogP contribution in [0, 0.1) is 10.1 Å². The third kappa shape index (κ3) is 2.88. The Hall–Kier alpha value is -2.00. The molecule has 1 fully saturated rings. The number of rotatable bonds is 4. The minimum atomic E-state index is -0.494. The molecular formula is C10H16N6O3. The van der Waals surface area contributed by atoms with Crippen molar-refractivity contribution in [1.82, 2.24) is 9.97 Å². The highest BCUT2D eigenvalue weighted by Gasteiger charge is 2.27. The summed E-state index contributed by atoms with van der Waals surface area (Å²) < 4.78 is 5.54. The van der Waals surface area contributed by atoms with Crippen LogP contribution in [-0.4, -0.2) is 40.7 Å². The fraction of sp³-hybridized carbons (Fsp3) is 0.600. The normalized spacial score (nSPS) is 19.3. The Morgan fingerprint density at radius 2 is 2.53 bits per heavy atom. The lowest BCUT2D eigenvalue weighted by atomic mass is 10.2. The molecule has 9 heteroatoms. The second-order valence-electron chi connectivity index (χ2n) is 4.15. The van der Waals surface area contributed by atoms with Gasteiger partial charge < -0.3 is 9.64 Å². The summed E-state index contributed by atoms with van der Waals surface area (Å²) in [6.07, 6.45) is 2.06. The second-order valence-corrected chi connectivity index (χ2v) is 4.15. The molecule has 9 nitrogen and oxygen atoms in total. The van der Waals surface area contributed by atoms with Gasteiger partial charge in [-0.25, -0.2) is 10.8 Å². The quantitative estimate of drug-likeness (QED) is 0.454. The van der Waals surface area contributed by atoms with Gasteiger partial charge in [-0.2, -0.15) is 4.98 Å². The fourth-order valence-corrected chi connectivity index (χ4v) is 1.96. The van der Waals surface area contributed by atoms with Crippen molar-refractivity contribution in [3.8, 4) is 0 Å². The summed E-state index contributed by atoms with van der Waals surface area (Å²) in [5.41, 5.74) is 2.17. The van der Waals surface area contributed by atoms with Crippen molar-refractivity contribution in [3.05, 3.63) is 16.3 Å². The van der Waals surface area contributed by atoms with Crippen LogP contribution < -0.4 is 16.2 Å². The first kappa shape index (κ1) is 13.4. The molecule has 1 saturated heterocycles. The van der Waals surface area contributed by atoms with E-state index in [2.05, 4.69) is 15.4 Å². The molecule has 0 bridgehead atoms. The largest absolute Gasteiger partial charge is 0.375 e. The number of ether oxygens (including phenoxy) is 1. The van der Waals surface area contributed by atoms with Gasteiger partial charge in [-0.05, 0) is 6.42 Å². The number of aromatic nitrogens is 2. The molecule has 1 aliphatic heterocycles. The van der Waals surface area contributed by atoms with Crippen LogP contribution in [0.2, 0.25) is 0 Å². The van der Waals surface area contributed by atoms with E-state index in [0.29, 0.717) is 19.7 Å². The molecule has 1 unspecified atom stereocenters. The molecule has 0 radical (unpaired) electrons. The summed E-state index contributed by atoms with van der Waals surface area (Å²) in [6.45, 7) is 3.65. The van der Waals surface area contributed by atoms with Gasteiger partial charge in [0.15, 0.2) is 0 Å². The highest BCUT2D eigenvalue weighted by molar-refractivity contribution is 5.59. The number of morpholine rings is 1. The Balaban J connectivity index is 2.32. The van der Waals surface area contributed by atoms with E-state index >= 15 is 0 Å². The first-order chi connectivity index (χ1) is 9.15. The van der Waals surface area contributed by atoms with Gasteiger partial charge in [-0.1, -0.05) is 6.92 Å². The summed E-state index contributed by atoms with van der Waals surface area (Å²) in [5, 5.41) is 11.0. The van der Waals surface area contributed by atoms with Crippen molar-refractivity contribution < 1.29 is 9.66 Å². The molecule has 1 aromatic rings. The van der Waals surface area contributed by atoms with Crippen LogP contribution >= 0.6 is 0 Å². The van der Waals surface area contributed by atoms with E-state index in [1.165, 1.54) is 0 Å². The summed E-state index contributed by atoms with van der Waals surface area (Å²) in [6, 6.07) is 0. The van der Waals surface area contributed by atoms with E-state index in [0.717, 1.165) is 12.6 Å². The average Bonchev–Trinajstić information content (AvgIpc) is 2.46. The lowest BCUT2D eigenvalue weighted by Gasteiger charge is -2.32. The Labute approximate surface area is 109 Å². The maximum absolute atomic E-state index is 11.0. The van der Waals surface area contributed by atoms with Crippen LogP contribution in [0.1, 0.15) is 13.3 Å². The van der Waals surface area contributed by atoms with E-state index in [9.17, 15) is 10.1 Å². The van der Waals surface area contributed by atoms with E-state index in [1.807, 2.05) is 11.8 Å². The molecule has 0 saturated carbocycles. The van der Waals surface area contributed by atoms with Gasteiger partial charge in [0.1, 0.15) is 6.20 Å². The molecule has 19 heavy (non-hydrogen) atoms. The van der Waals surface area contributed by atoms with Crippen molar-refractivity contribution in [1.29, 1.82) is 0 Å². The van der Waals surface area contributed by atoms with Gasteiger partial charge in [0.25, 0.3) is 0 Å². The standard InChI is InChI=1S/C10H16N6O3/c1-2-7-6-15(3-4-19-7)9-8(16(17)18)5-12-10(13-9)14-11/h5,7H,2-4,6,11H2,1H3,(H,12,13,14). The first-order valence-electron chi connectivity index (χ1n) is 6.00. The first-order valence-corrected chi connectivity index (χ1v) is 6.00. The van der Waals surface area contributed by atoms with Crippen molar-refractivity contribution >= 4 is 17.5 Å². The van der Waals surface area contributed by atoms with Crippen molar-refractivity contribution in [2.24, 2.45) is 5.84 Å². The highest BCUT2D eigenvalue weighted by atomic mass is 16.6. The lowest BCUT2D eigenvalue weighted by Crippen LogP contribution is -2.43. The maximum Gasteiger partial charge on any atom is 0.329 e. The average molecular weight is 268 g/mol. The predicted molar refractivity (Wildman–Crippen MR) is 68.7 cm³/mol.